The van der Waals surface area contributed by atoms with Gasteiger partial charge in [0.1, 0.15) is 71.6 Å². The van der Waals surface area contributed by atoms with E-state index < -0.39 is 144 Å². The molecule has 0 bridgehead atoms. The number of rotatable bonds is 36. The number of aliphatic carboxylic acids is 2. The van der Waals surface area contributed by atoms with Crippen LogP contribution < -0.4 is 59.7 Å². The van der Waals surface area contributed by atoms with Gasteiger partial charge in [-0.3, -0.25) is 52.7 Å². The molecule has 1 aliphatic heterocycles. The first kappa shape index (κ1) is 74.6. The zero-order chi connectivity index (χ0) is 69.3. The van der Waals surface area contributed by atoms with Crippen LogP contribution in [0.5, 0.6) is 17.2 Å². The number of carbonyl (C=O) groups excluding carboxylic acids is 10. The van der Waals surface area contributed by atoms with Gasteiger partial charge in [-0.2, -0.15) is 0 Å². The van der Waals surface area contributed by atoms with Crippen molar-refractivity contribution < 1.29 is 83.1 Å². The van der Waals surface area contributed by atoms with E-state index in [9.17, 15) is 78.3 Å². The number of nitrogens with one attached hydrogen (secondary N) is 8. The normalized spacial score (nSPS) is 15.7. The Labute approximate surface area is 543 Å². The van der Waals surface area contributed by atoms with Crippen molar-refractivity contribution in [3.05, 3.63) is 125 Å². The van der Waals surface area contributed by atoms with Gasteiger partial charge in [0.2, 0.25) is 59.1 Å². The van der Waals surface area contributed by atoms with E-state index in [1.54, 1.807) is 44.2 Å². The Bertz CT molecular complexity index is 3280. The summed E-state index contributed by atoms with van der Waals surface area (Å²) in [5, 5.41) is 70.0. The number of carboxylic acid groups (broad SMARTS) is 2. The number of nitrogens with two attached hydrogens (primary N) is 3. The van der Waals surface area contributed by atoms with Gasteiger partial charge in [-0.15, -0.1) is 0 Å². The second-order valence-electron chi connectivity index (χ2n) is 23.9. The topological polar surface area (TPSA) is 484 Å². The van der Waals surface area contributed by atoms with Crippen molar-refractivity contribution in [2.45, 2.75) is 159 Å². The number of phenolic OH excluding ortho intramolecular Hbond substituents is 3. The maximum atomic E-state index is 15.1. The first-order chi connectivity index (χ1) is 44.5. The van der Waals surface area contributed by atoms with Crippen molar-refractivity contribution in [1.82, 2.24) is 47.4 Å². The molecule has 0 aliphatic carbocycles. The Hall–Kier alpha value is -10.2. The third-order valence-corrected chi connectivity index (χ3v) is 15.5. The molecule has 94 heavy (non-hydrogen) atoms. The van der Waals surface area contributed by atoms with E-state index >= 15 is 4.79 Å². The Morgan fingerprint density at radius 1 is 0.489 bits per heavy atom. The molecule has 0 aromatic heterocycles. The summed E-state index contributed by atoms with van der Waals surface area (Å²) < 4.78 is 0. The summed E-state index contributed by atoms with van der Waals surface area (Å²) in [6.07, 6.45) is -2.30. The van der Waals surface area contributed by atoms with Crippen molar-refractivity contribution in [2.24, 2.45) is 29.0 Å². The van der Waals surface area contributed by atoms with Gasteiger partial charge in [-0.05, 0) is 109 Å². The number of aromatic hydroxyl groups is 3. The molecular weight excluding hydrogens is 1220 g/mol. The molecular formula is C65H86N12O17. The van der Waals surface area contributed by atoms with Crippen molar-refractivity contribution in [3.8, 4) is 17.2 Å². The summed E-state index contributed by atoms with van der Waals surface area (Å²) in [7, 11) is 0. The molecule has 1 heterocycles. The van der Waals surface area contributed by atoms with Crippen molar-refractivity contribution in [3.63, 3.8) is 0 Å². The summed E-state index contributed by atoms with van der Waals surface area (Å²) in [5.41, 5.74) is 19.1. The maximum Gasteiger partial charge on any atom is 0.326 e. The Morgan fingerprint density at radius 3 is 1.35 bits per heavy atom. The summed E-state index contributed by atoms with van der Waals surface area (Å²) in [6.45, 7) is 7.29. The molecule has 0 spiro atoms. The first-order valence-electron chi connectivity index (χ1n) is 30.8. The Kier molecular flexibility index (Phi) is 28.7. The standard InChI is InChI=1S/C65H86N12O17/c1-35(2)28-45(70-56(84)44(12-8-26-66)69-63(91)55(68)36(3)4)57(85)75-50(31-39-16-22-42(79)23-17-39)64(92)77-27-9-13-52(77)62(90)74-47(30-38-14-20-41(78)21-15-38)59(87)71-46(29-37-10-6-5-7-11-37)58(86)72-48(33-53(67)81)60(88)73-49(34-54(82)83)61(89)76-51(65(93)94)32-40-18-24-43(80)25-19-40/h5-7,10-11,14-25,35-36,44-52,55,78-80H,8-9,12-13,26-34,66,68H2,1-4H3,(H2,67,81)(H,69,91)(H,70,84)(H,71,87)(H,72,86)(H,73,88)(H,74,90)(H,75,85)(H,76,89)(H,82,83)(H,93,94)/t44-,45-,46-,47-,48-,49-,50-,51-,52-,55-/m0/s1. The molecule has 5 rings (SSSR count). The highest BCUT2D eigenvalue weighted by Crippen LogP contribution is 2.23. The highest BCUT2D eigenvalue weighted by Gasteiger charge is 2.41. The van der Waals surface area contributed by atoms with Crippen LogP contribution in [-0.2, 0) is 83.2 Å². The minimum Gasteiger partial charge on any atom is -0.508 e. The van der Waals surface area contributed by atoms with Crippen LogP contribution in [0, 0.1) is 11.8 Å². The minimum absolute atomic E-state index is 0.00808. The monoisotopic (exact) mass is 1310 g/mol. The van der Waals surface area contributed by atoms with Gasteiger partial charge in [0.15, 0.2) is 0 Å². The Balaban J connectivity index is 1.43. The fraction of sp³-hybridized carbons (Fsp3) is 0.446. The van der Waals surface area contributed by atoms with Crippen molar-refractivity contribution in [2.75, 3.05) is 13.1 Å². The number of primary amides is 1. The summed E-state index contributed by atoms with van der Waals surface area (Å²) >= 11 is 0. The molecule has 19 N–H and O–H groups in total. The van der Waals surface area contributed by atoms with Gasteiger partial charge in [-0.25, -0.2) is 4.79 Å². The van der Waals surface area contributed by atoms with E-state index in [0.717, 1.165) is 0 Å². The van der Waals surface area contributed by atoms with Crippen LogP contribution in [0.2, 0.25) is 0 Å². The average Bonchev–Trinajstić information content (AvgIpc) is 1.62. The molecule has 508 valence electrons. The van der Waals surface area contributed by atoms with Gasteiger partial charge < -0.3 is 90.2 Å². The molecule has 4 aromatic carbocycles. The predicted molar refractivity (Wildman–Crippen MR) is 340 cm³/mol. The second kappa shape index (κ2) is 36.2. The van der Waals surface area contributed by atoms with E-state index in [1.165, 1.54) is 77.7 Å². The largest absolute Gasteiger partial charge is 0.508 e. The molecule has 0 unspecified atom stereocenters. The Morgan fingerprint density at radius 2 is 0.883 bits per heavy atom. The highest BCUT2D eigenvalue weighted by atomic mass is 16.4. The van der Waals surface area contributed by atoms with Crippen LogP contribution in [0.4, 0.5) is 0 Å². The van der Waals surface area contributed by atoms with Crippen LogP contribution in [0.1, 0.15) is 94.9 Å². The smallest absolute Gasteiger partial charge is 0.326 e. The maximum absolute atomic E-state index is 15.1. The number of hydrogen-bond donors (Lipinski definition) is 16. The lowest BCUT2D eigenvalue weighted by atomic mass is 9.99. The molecule has 29 nitrogen and oxygen atoms in total. The molecule has 1 fully saturated rings. The highest BCUT2D eigenvalue weighted by molar-refractivity contribution is 6.00. The lowest BCUT2D eigenvalue weighted by Crippen LogP contribution is -2.61. The van der Waals surface area contributed by atoms with Crippen LogP contribution >= 0.6 is 0 Å². The van der Waals surface area contributed by atoms with E-state index in [-0.39, 0.29) is 93.5 Å². The quantitative estimate of drug-likeness (QED) is 0.0264. The molecule has 0 saturated carbocycles. The number of amides is 10. The zero-order valence-corrected chi connectivity index (χ0v) is 52.7. The summed E-state index contributed by atoms with van der Waals surface area (Å²) in [4.78, 5) is 167. The van der Waals surface area contributed by atoms with Crippen molar-refractivity contribution in [1.29, 1.82) is 0 Å². The lowest BCUT2D eigenvalue weighted by Gasteiger charge is -2.31. The molecule has 1 aliphatic rings. The van der Waals surface area contributed by atoms with Gasteiger partial charge >= 0.3 is 11.9 Å². The number of likely N-dealkylation sites (tertiary alicyclic amines) is 1. The second-order valence-corrected chi connectivity index (χ2v) is 23.9. The van der Waals surface area contributed by atoms with Gasteiger partial charge in [0.05, 0.1) is 18.9 Å². The average molecular weight is 1310 g/mol. The van der Waals surface area contributed by atoms with Crippen LogP contribution in [0.25, 0.3) is 0 Å². The van der Waals surface area contributed by atoms with Crippen LogP contribution in [-0.4, -0.2) is 175 Å². The molecule has 10 amide bonds. The molecule has 10 atom stereocenters. The van der Waals surface area contributed by atoms with E-state index in [4.69, 9.17) is 17.2 Å². The number of benzene rings is 4. The molecule has 4 aromatic rings. The third-order valence-electron chi connectivity index (χ3n) is 15.5. The van der Waals surface area contributed by atoms with Gasteiger partial charge in [0.25, 0.3) is 0 Å². The fourth-order valence-electron chi connectivity index (χ4n) is 10.3. The van der Waals surface area contributed by atoms with Gasteiger partial charge in [0, 0.05) is 32.2 Å². The van der Waals surface area contributed by atoms with Crippen LogP contribution in [0.15, 0.2) is 103 Å². The predicted octanol–water partition coefficient (Wildman–Crippen LogP) is -0.854. The van der Waals surface area contributed by atoms with E-state index in [0.29, 0.717) is 28.7 Å². The summed E-state index contributed by atoms with van der Waals surface area (Å²) in [5.74, 6) is -13.5. The van der Waals surface area contributed by atoms with E-state index in [2.05, 4.69) is 42.5 Å². The lowest BCUT2D eigenvalue weighted by molar-refractivity contribution is -0.144. The number of nitrogens with zero attached hydrogens (tertiary/aromatic N) is 1. The number of phenols is 3. The zero-order valence-electron chi connectivity index (χ0n) is 52.7. The third kappa shape index (κ3) is 23.8. The molecule has 29 heteroatoms. The van der Waals surface area contributed by atoms with Crippen LogP contribution in [0.3, 0.4) is 0 Å². The van der Waals surface area contributed by atoms with Crippen molar-refractivity contribution >= 4 is 71.0 Å². The first-order valence-corrected chi connectivity index (χ1v) is 30.8. The number of carboxylic acids is 2. The number of hydrogen-bond acceptors (Lipinski definition) is 17. The molecule has 0 radical (unpaired) electrons. The number of carbonyl (C=O) groups is 12. The fourth-order valence-corrected chi connectivity index (χ4v) is 10.3. The summed E-state index contributed by atoms with van der Waals surface area (Å²) in [6, 6.07) is 10.0. The van der Waals surface area contributed by atoms with Gasteiger partial charge in [-0.1, -0.05) is 94.4 Å². The SMILES string of the molecule is CC(C)C[C@H](NC(=O)[C@H](CCCN)NC(=O)[C@@H](N)C(C)C)C(=O)N[C@@H](Cc1ccc(O)cc1)C(=O)N1CCC[C@H]1C(=O)N[C@@H](Cc1ccc(O)cc1)C(=O)N[C@@H](Cc1ccccc1)C(=O)N[C@@H](CC(N)=O)C(=O)N[C@@H](CC(=O)O)C(=O)N[C@@H](Cc1ccc(O)cc1)C(=O)O. The molecule has 1 saturated heterocycles. The van der Waals surface area contributed by atoms with E-state index in [1.807, 2.05) is 13.8 Å². The minimum atomic E-state index is -2.00.